The topological polar surface area (TPSA) is 0 Å². The van der Waals surface area contributed by atoms with Gasteiger partial charge in [-0.1, -0.05) is 0 Å². The van der Waals surface area contributed by atoms with E-state index in [1.54, 1.807) is 0 Å². The van der Waals surface area contributed by atoms with Gasteiger partial charge in [-0.15, -0.1) is 0 Å². The molecule has 0 unspecified atom stereocenters. The van der Waals surface area contributed by atoms with E-state index >= 15 is 0 Å². The molecule has 0 fully saturated rings. The van der Waals surface area contributed by atoms with Gasteiger partial charge in [-0.2, -0.15) is 0 Å². The molecule has 0 heterocycles. The monoisotopic (exact) mass is 116 g/mol. The summed E-state index contributed by atoms with van der Waals surface area (Å²) in [6, 6.07) is 0. The first-order valence-electron chi connectivity index (χ1n) is 2.07. The van der Waals surface area contributed by atoms with Crippen molar-refractivity contribution < 1.29 is 20.0 Å². The molecule has 0 N–H and O–H groups in total. The van der Waals surface area contributed by atoms with Crippen molar-refractivity contribution in [3.8, 4) is 0 Å². The molecule has 0 bridgehead atoms. The molecular weight excluding hydrogens is 108 g/mol. The normalized spacial score (nSPS) is 9.83. The summed E-state index contributed by atoms with van der Waals surface area (Å²) in [5.74, 6) is 0. The third-order valence-electron chi connectivity index (χ3n) is 0.468. The van der Waals surface area contributed by atoms with Crippen LogP contribution in [0.15, 0.2) is 12.2 Å². The Labute approximate surface area is 50.2 Å². The van der Waals surface area contributed by atoms with Crippen molar-refractivity contribution in [2.24, 2.45) is 0 Å². The van der Waals surface area contributed by atoms with Crippen LogP contribution in [0, 0.1) is 0 Å². The van der Waals surface area contributed by atoms with E-state index in [1.165, 1.54) is 0 Å². The molecule has 0 aromatic rings. The SMILES string of the molecule is CC/C=C/[CH]=[Ti+2]. The van der Waals surface area contributed by atoms with Gasteiger partial charge >= 0.3 is 49.8 Å². The second-order valence-electron chi connectivity index (χ2n) is 1.00. The fourth-order valence-corrected chi connectivity index (χ4v) is 0.417. The van der Waals surface area contributed by atoms with Crippen molar-refractivity contribution in [2.75, 3.05) is 0 Å². The second-order valence-corrected chi connectivity index (χ2v) is 1.52. The molecule has 0 radical (unpaired) electrons. The van der Waals surface area contributed by atoms with Gasteiger partial charge in [-0.05, 0) is 0 Å². The molecule has 0 aromatic carbocycles. The summed E-state index contributed by atoms with van der Waals surface area (Å²) in [7, 11) is 0. The molecule has 0 spiro atoms. The zero-order valence-electron chi connectivity index (χ0n) is 3.94. The summed E-state index contributed by atoms with van der Waals surface area (Å²) in [6.07, 6.45) is 5.32. The number of hydrogen-bond donors (Lipinski definition) is 0. The van der Waals surface area contributed by atoms with Crippen LogP contribution in [0.3, 0.4) is 0 Å². The predicted molar refractivity (Wildman–Crippen MR) is 25.5 cm³/mol. The zero-order chi connectivity index (χ0) is 4.83. The van der Waals surface area contributed by atoms with E-state index in [9.17, 15) is 0 Å². The summed E-state index contributed by atoms with van der Waals surface area (Å²) in [4.78, 5) is 0. The van der Waals surface area contributed by atoms with E-state index in [1.807, 2.05) is 24.3 Å². The van der Waals surface area contributed by atoms with E-state index < -0.39 is 0 Å². The van der Waals surface area contributed by atoms with E-state index in [2.05, 4.69) is 19.1 Å². The Hall–Kier alpha value is 0.324. The molecule has 0 saturated heterocycles. The van der Waals surface area contributed by atoms with Gasteiger partial charge in [-0.3, -0.25) is 0 Å². The quantitative estimate of drug-likeness (QED) is 0.477. The predicted octanol–water partition coefficient (Wildman–Crippen LogP) is 1.30. The van der Waals surface area contributed by atoms with Gasteiger partial charge in [0.1, 0.15) is 0 Å². The Morgan fingerprint density at radius 2 is 2.33 bits per heavy atom. The molecular formula is C5H8Ti+2. The van der Waals surface area contributed by atoms with E-state index in [0.29, 0.717) is 0 Å². The fraction of sp³-hybridized carbons (Fsp3) is 0.400. The number of hydrogen-bond acceptors (Lipinski definition) is 0. The number of allylic oxidation sites excluding steroid dienone is 2. The molecule has 0 amide bonds. The average molecular weight is 116 g/mol. The Kier molecular flexibility index (Phi) is 5.61. The van der Waals surface area contributed by atoms with E-state index in [-0.39, 0.29) is 0 Å². The zero-order valence-corrected chi connectivity index (χ0v) is 5.50. The van der Waals surface area contributed by atoms with E-state index in [4.69, 9.17) is 0 Å². The van der Waals surface area contributed by atoms with Crippen LogP contribution in [0.5, 0.6) is 0 Å². The minimum absolute atomic E-state index is 1.14. The minimum atomic E-state index is 1.14. The first-order valence-corrected chi connectivity index (χ1v) is 2.97. The Balaban J connectivity index is 2.94. The van der Waals surface area contributed by atoms with Crippen molar-refractivity contribution in [1.82, 2.24) is 0 Å². The Morgan fingerprint density at radius 3 is 2.50 bits per heavy atom. The molecule has 30 valence electrons. The summed E-state index contributed by atoms with van der Waals surface area (Å²) in [6.45, 7) is 2.12. The van der Waals surface area contributed by atoms with Gasteiger partial charge in [0.25, 0.3) is 0 Å². The van der Waals surface area contributed by atoms with Crippen molar-refractivity contribution in [3.63, 3.8) is 0 Å². The van der Waals surface area contributed by atoms with Crippen LogP contribution in [0.4, 0.5) is 0 Å². The summed E-state index contributed by atoms with van der Waals surface area (Å²) < 4.78 is 2.03. The molecule has 0 aliphatic heterocycles. The van der Waals surface area contributed by atoms with Gasteiger partial charge in [0.15, 0.2) is 0 Å². The van der Waals surface area contributed by atoms with Crippen LogP contribution in [0.2, 0.25) is 0 Å². The Morgan fingerprint density at radius 1 is 1.67 bits per heavy atom. The molecule has 0 aliphatic carbocycles. The van der Waals surface area contributed by atoms with Crippen LogP contribution >= 0.6 is 0 Å². The van der Waals surface area contributed by atoms with Crippen molar-refractivity contribution in [3.05, 3.63) is 12.2 Å². The van der Waals surface area contributed by atoms with Crippen LogP contribution in [-0.4, -0.2) is 4.31 Å². The number of rotatable bonds is 2. The molecule has 0 atom stereocenters. The van der Waals surface area contributed by atoms with Crippen LogP contribution in [0.25, 0.3) is 0 Å². The molecule has 0 nitrogen and oxygen atoms in total. The molecule has 0 aliphatic rings. The van der Waals surface area contributed by atoms with Crippen molar-refractivity contribution in [1.29, 1.82) is 0 Å². The third kappa shape index (κ3) is 4.32. The van der Waals surface area contributed by atoms with E-state index in [0.717, 1.165) is 6.42 Å². The molecule has 0 aromatic heterocycles. The first kappa shape index (κ1) is 6.32. The maximum atomic E-state index is 2.12. The van der Waals surface area contributed by atoms with Gasteiger partial charge in [-0.25, -0.2) is 0 Å². The third-order valence-corrected chi connectivity index (χ3v) is 0.769. The van der Waals surface area contributed by atoms with Crippen LogP contribution in [-0.2, 0) is 20.0 Å². The summed E-state index contributed by atoms with van der Waals surface area (Å²) in [5.41, 5.74) is 0. The van der Waals surface area contributed by atoms with Crippen LogP contribution < -0.4 is 0 Å². The van der Waals surface area contributed by atoms with Gasteiger partial charge < -0.3 is 0 Å². The second kappa shape index (κ2) is 5.32. The molecule has 1 heteroatoms. The van der Waals surface area contributed by atoms with Crippen LogP contribution in [0.1, 0.15) is 13.3 Å². The Bertz CT molecular complexity index is 55.0. The average Bonchev–Trinajstić information content (AvgIpc) is 1.61. The molecule has 6 heavy (non-hydrogen) atoms. The fourth-order valence-electron chi connectivity index (χ4n) is 0.204. The molecule has 0 saturated carbocycles. The van der Waals surface area contributed by atoms with Gasteiger partial charge in [0, 0.05) is 0 Å². The first-order chi connectivity index (χ1) is 2.91. The standard InChI is InChI=1S/C5H8.Ti/c1-3-5-4-2;/h1,3,5H,4H2,2H3;/q;+2/b5-3+;. The van der Waals surface area contributed by atoms with Crippen molar-refractivity contribution in [2.45, 2.75) is 13.3 Å². The van der Waals surface area contributed by atoms with Crippen molar-refractivity contribution >= 4 is 4.31 Å². The summed E-state index contributed by atoms with van der Waals surface area (Å²) in [5, 5.41) is 0. The van der Waals surface area contributed by atoms with Gasteiger partial charge in [0.05, 0.1) is 0 Å². The molecule has 0 rings (SSSR count). The maximum absolute atomic E-state index is 2.12. The van der Waals surface area contributed by atoms with Gasteiger partial charge in [0.2, 0.25) is 0 Å². The summed E-state index contributed by atoms with van der Waals surface area (Å²) >= 11 is 2.02.